The molecule has 1 amide bonds. The van der Waals surface area contributed by atoms with Gasteiger partial charge >= 0.3 is 0 Å². The van der Waals surface area contributed by atoms with Gasteiger partial charge in [0.25, 0.3) is 0 Å². The van der Waals surface area contributed by atoms with E-state index in [1.165, 1.54) is 45.6 Å². The third kappa shape index (κ3) is 4.32. The zero-order chi connectivity index (χ0) is 17.8. The number of piperidine rings is 1. The maximum Gasteiger partial charge on any atom is 0.242 e. The normalized spacial score (nSPS) is 36.2. The SMILES string of the molecule is CO[C@H]1CCN(C(=O)C2NCCN(C3CCCCCC3)C2N)C[C@H]1F. The first-order valence-corrected chi connectivity index (χ1v) is 9.82. The molecule has 0 aromatic rings. The van der Waals surface area contributed by atoms with E-state index in [1.54, 1.807) is 4.90 Å². The maximum atomic E-state index is 14.2. The van der Waals surface area contributed by atoms with Gasteiger partial charge in [0.05, 0.1) is 18.8 Å². The van der Waals surface area contributed by atoms with Crippen LogP contribution in [0.4, 0.5) is 4.39 Å². The Hall–Kier alpha value is -0.760. The lowest BCUT2D eigenvalue weighted by molar-refractivity contribution is -0.141. The lowest BCUT2D eigenvalue weighted by Crippen LogP contribution is -2.69. The number of hydrogen-bond donors (Lipinski definition) is 2. The van der Waals surface area contributed by atoms with Crippen LogP contribution in [0.5, 0.6) is 0 Å². The lowest BCUT2D eigenvalue weighted by Gasteiger charge is -2.45. The largest absolute Gasteiger partial charge is 0.378 e. The first-order valence-electron chi connectivity index (χ1n) is 9.82. The number of nitrogens with zero attached hydrogens (tertiary/aromatic N) is 2. The van der Waals surface area contributed by atoms with Crippen LogP contribution >= 0.6 is 0 Å². The van der Waals surface area contributed by atoms with Crippen molar-refractivity contribution in [2.75, 3.05) is 33.3 Å². The van der Waals surface area contributed by atoms with E-state index in [2.05, 4.69) is 10.2 Å². The molecule has 0 bridgehead atoms. The van der Waals surface area contributed by atoms with Crippen molar-refractivity contribution in [3.05, 3.63) is 0 Å². The highest BCUT2D eigenvalue weighted by Gasteiger charge is 2.40. The quantitative estimate of drug-likeness (QED) is 0.734. The van der Waals surface area contributed by atoms with Crippen LogP contribution in [0.25, 0.3) is 0 Å². The Kier molecular flexibility index (Phi) is 6.66. The minimum absolute atomic E-state index is 0.0666. The van der Waals surface area contributed by atoms with Crippen LogP contribution in [0.3, 0.4) is 0 Å². The summed E-state index contributed by atoms with van der Waals surface area (Å²) in [5.74, 6) is -0.0666. The third-order valence-corrected chi connectivity index (χ3v) is 6.11. The number of ether oxygens (including phenoxy) is 1. The molecule has 1 saturated carbocycles. The van der Waals surface area contributed by atoms with Crippen molar-refractivity contribution in [2.24, 2.45) is 5.73 Å². The number of nitrogens with one attached hydrogen (secondary N) is 1. The van der Waals surface area contributed by atoms with Crippen molar-refractivity contribution in [1.29, 1.82) is 0 Å². The zero-order valence-electron chi connectivity index (χ0n) is 15.3. The molecule has 2 unspecified atom stereocenters. The van der Waals surface area contributed by atoms with Gasteiger partial charge in [0.15, 0.2) is 0 Å². The van der Waals surface area contributed by atoms with Crippen LogP contribution in [0.2, 0.25) is 0 Å². The van der Waals surface area contributed by atoms with Gasteiger partial charge in [0, 0.05) is 32.8 Å². The summed E-state index contributed by atoms with van der Waals surface area (Å²) in [4.78, 5) is 16.9. The summed E-state index contributed by atoms with van der Waals surface area (Å²) < 4.78 is 19.3. The first-order chi connectivity index (χ1) is 12.1. The average Bonchev–Trinajstić information content (AvgIpc) is 2.90. The van der Waals surface area contributed by atoms with Gasteiger partial charge in [0.2, 0.25) is 5.91 Å². The molecule has 3 N–H and O–H groups in total. The average molecular weight is 356 g/mol. The van der Waals surface area contributed by atoms with E-state index in [0.717, 1.165) is 13.1 Å². The second-order valence-corrected chi connectivity index (χ2v) is 7.67. The number of alkyl halides is 1. The van der Waals surface area contributed by atoms with Crippen molar-refractivity contribution >= 4 is 5.91 Å². The monoisotopic (exact) mass is 356 g/mol. The molecular weight excluding hydrogens is 323 g/mol. The fourth-order valence-corrected chi connectivity index (χ4v) is 4.60. The number of halogens is 1. The molecule has 1 aliphatic carbocycles. The molecule has 2 heterocycles. The molecule has 3 aliphatic rings. The Morgan fingerprint density at radius 3 is 2.52 bits per heavy atom. The van der Waals surface area contributed by atoms with Gasteiger partial charge in [0.1, 0.15) is 12.2 Å². The number of rotatable bonds is 3. The zero-order valence-corrected chi connectivity index (χ0v) is 15.3. The highest BCUT2D eigenvalue weighted by atomic mass is 19.1. The second-order valence-electron chi connectivity index (χ2n) is 7.67. The Labute approximate surface area is 150 Å². The molecule has 3 rings (SSSR count). The van der Waals surface area contributed by atoms with E-state index in [-0.39, 0.29) is 18.6 Å². The van der Waals surface area contributed by atoms with E-state index < -0.39 is 18.3 Å². The number of carbonyl (C=O) groups is 1. The van der Waals surface area contributed by atoms with Crippen LogP contribution in [0.15, 0.2) is 0 Å². The highest BCUT2D eigenvalue weighted by molar-refractivity contribution is 5.83. The fourth-order valence-electron chi connectivity index (χ4n) is 4.60. The van der Waals surface area contributed by atoms with Gasteiger partial charge in [-0.05, 0) is 19.3 Å². The standard InChI is InChI=1S/C18H33FN4O2/c1-25-15-8-10-22(12-14(15)19)18(24)16-17(20)23(11-9-21-16)13-6-4-2-3-5-7-13/h13-17,21H,2-12,20H2,1H3/t14-,15+,16?,17?/m1/s1. The lowest BCUT2D eigenvalue weighted by atomic mass is 10.00. The number of carbonyl (C=O) groups excluding carboxylic acids is 1. The van der Waals surface area contributed by atoms with Gasteiger partial charge in [-0.3, -0.25) is 9.69 Å². The molecule has 4 atom stereocenters. The van der Waals surface area contributed by atoms with Crippen LogP contribution in [0.1, 0.15) is 44.9 Å². The summed E-state index contributed by atoms with van der Waals surface area (Å²) in [7, 11) is 1.53. The summed E-state index contributed by atoms with van der Waals surface area (Å²) >= 11 is 0. The summed E-state index contributed by atoms with van der Waals surface area (Å²) in [5.41, 5.74) is 6.50. The number of hydrogen-bond acceptors (Lipinski definition) is 5. The van der Waals surface area contributed by atoms with Crippen molar-refractivity contribution in [3.63, 3.8) is 0 Å². The molecule has 0 aromatic heterocycles. The minimum atomic E-state index is -1.12. The van der Waals surface area contributed by atoms with E-state index in [9.17, 15) is 9.18 Å². The number of piperazine rings is 1. The van der Waals surface area contributed by atoms with E-state index in [0.29, 0.717) is 19.0 Å². The predicted molar refractivity (Wildman–Crippen MR) is 94.9 cm³/mol. The highest BCUT2D eigenvalue weighted by Crippen LogP contribution is 2.25. The van der Waals surface area contributed by atoms with Crippen LogP contribution in [-0.4, -0.2) is 79.5 Å². The molecule has 2 saturated heterocycles. The molecule has 7 heteroatoms. The summed E-state index contributed by atoms with van der Waals surface area (Å²) in [5, 5.41) is 3.28. The topological polar surface area (TPSA) is 70.8 Å². The Bertz CT molecular complexity index is 445. The summed E-state index contributed by atoms with van der Waals surface area (Å²) in [6.07, 6.45) is 6.10. The Morgan fingerprint density at radius 1 is 1.16 bits per heavy atom. The van der Waals surface area contributed by atoms with Crippen LogP contribution in [-0.2, 0) is 9.53 Å². The number of amides is 1. The first kappa shape index (κ1) is 19.0. The predicted octanol–water partition coefficient (Wildman–Crippen LogP) is 0.853. The molecule has 2 aliphatic heterocycles. The number of likely N-dealkylation sites (tertiary alicyclic amines) is 1. The molecule has 0 radical (unpaired) electrons. The molecule has 6 nitrogen and oxygen atoms in total. The van der Waals surface area contributed by atoms with Gasteiger partial charge < -0.3 is 20.7 Å². The molecule has 0 spiro atoms. The minimum Gasteiger partial charge on any atom is -0.378 e. The number of methoxy groups -OCH3 is 1. The van der Waals surface area contributed by atoms with E-state index in [4.69, 9.17) is 10.5 Å². The van der Waals surface area contributed by atoms with Crippen molar-refractivity contribution in [3.8, 4) is 0 Å². The Morgan fingerprint density at radius 2 is 1.88 bits per heavy atom. The van der Waals surface area contributed by atoms with Gasteiger partial charge in [-0.2, -0.15) is 0 Å². The van der Waals surface area contributed by atoms with Crippen molar-refractivity contribution in [1.82, 2.24) is 15.1 Å². The maximum absolute atomic E-state index is 14.2. The third-order valence-electron chi connectivity index (χ3n) is 6.11. The molecule has 144 valence electrons. The van der Waals surface area contributed by atoms with Gasteiger partial charge in [-0.15, -0.1) is 0 Å². The van der Waals surface area contributed by atoms with E-state index in [1.807, 2.05) is 0 Å². The van der Waals surface area contributed by atoms with E-state index >= 15 is 0 Å². The van der Waals surface area contributed by atoms with Crippen molar-refractivity contribution < 1.29 is 13.9 Å². The summed E-state index contributed by atoms with van der Waals surface area (Å²) in [6, 6.07) is 0.0337. The number of nitrogens with two attached hydrogens (primary N) is 1. The van der Waals surface area contributed by atoms with Crippen LogP contribution in [0, 0.1) is 0 Å². The van der Waals surface area contributed by atoms with Crippen LogP contribution < -0.4 is 11.1 Å². The molecule has 0 aromatic carbocycles. The smallest absolute Gasteiger partial charge is 0.242 e. The molecule has 25 heavy (non-hydrogen) atoms. The van der Waals surface area contributed by atoms with Gasteiger partial charge in [-0.25, -0.2) is 4.39 Å². The molecule has 3 fully saturated rings. The van der Waals surface area contributed by atoms with Crippen molar-refractivity contribution in [2.45, 2.75) is 75.5 Å². The molecular formula is C18H33FN4O2. The van der Waals surface area contributed by atoms with Gasteiger partial charge in [-0.1, -0.05) is 25.7 Å². The fraction of sp³-hybridized carbons (Fsp3) is 0.944. The summed E-state index contributed by atoms with van der Waals surface area (Å²) in [6.45, 7) is 2.28. The Balaban J connectivity index is 1.62. The second kappa shape index (κ2) is 8.75.